The lowest BCUT2D eigenvalue weighted by Gasteiger charge is -2.24. The van der Waals surface area contributed by atoms with Crippen molar-refractivity contribution >= 4 is 0 Å². The van der Waals surface area contributed by atoms with Gasteiger partial charge in [0.15, 0.2) is 0 Å². The van der Waals surface area contributed by atoms with Gasteiger partial charge < -0.3 is 10.0 Å². The lowest BCUT2D eigenvalue weighted by Crippen LogP contribution is -2.41. The molecule has 0 radical (unpaired) electrons. The fourth-order valence-corrected chi connectivity index (χ4v) is 4.13. The van der Waals surface area contributed by atoms with Gasteiger partial charge in [-0.3, -0.25) is 10.9 Å². The van der Waals surface area contributed by atoms with Gasteiger partial charge in [-0.25, -0.2) is 0 Å². The molecule has 24 heavy (non-hydrogen) atoms. The summed E-state index contributed by atoms with van der Waals surface area (Å²) in [6.07, 6.45) is 5.79. The quantitative estimate of drug-likeness (QED) is 0.718. The molecule has 2 aliphatic rings. The van der Waals surface area contributed by atoms with Crippen LogP contribution in [0.4, 0.5) is 0 Å². The van der Waals surface area contributed by atoms with E-state index in [1.807, 2.05) is 13.8 Å². The monoisotopic (exact) mass is 331 g/mol. The Balaban J connectivity index is 1.47. The molecule has 1 aliphatic heterocycles. The van der Waals surface area contributed by atoms with E-state index in [1.54, 1.807) is 0 Å². The SMILES string of the molecule is CN(Cc1ccc(CCC(C)(C)O)cc1)CC1NNC2CCCC21. The highest BCUT2D eigenvalue weighted by molar-refractivity contribution is 5.22. The normalized spacial score (nSPS) is 27.0. The average Bonchev–Trinajstić information content (AvgIpc) is 3.11. The highest BCUT2D eigenvalue weighted by atomic mass is 16.3. The van der Waals surface area contributed by atoms with Crippen LogP contribution < -0.4 is 10.9 Å². The van der Waals surface area contributed by atoms with Crippen LogP contribution in [0.5, 0.6) is 0 Å². The van der Waals surface area contributed by atoms with Crippen LogP contribution in [-0.4, -0.2) is 41.3 Å². The second-order valence-electron chi connectivity index (χ2n) is 8.42. The zero-order valence-electron chi connectivity index (χ0n) is 15.4. The second-order valence-corrected chi connectivity index (χ2v) is 8.42. The Bertz CT molecular complexity index is 523. The molecule has 2 fully saturated rings. The Kier molecular flexibility index (Phi) is 5.60. The molecule has 4 nitrogen and oxygen atoms in total. The number of fused-ring (bicyclic) bond motifs is 1. The average molecular weight is 332 g/mol. The van der Waals surface area contributed by atoms with Crippen LogP contribution in [0.25, 0.3) is 0 Å². The number of aliphatic hydroxyl groups is 1. The van der Waals surface area contributed by atoms with Gasteiger partial charge >= 0.3 is 0 Å². The number of hydrazine groups is 1. The minimum Gasteiger partial charge on any atom is -0.390 e. The number of hydrogen-bond donors (Lipinski definition) is 3. The Morgan fingerprint density at radius 2 is 1.83 bits per heavy atom. The van der Waals surface area contributed by atoms with Crippen molar-refractivity contribution < 1.29 is 5.11 Å². The lowest BCUT2D eigenvalue weighted by molar-refractivity contribution is 0.0714. The Morgan fingerprint density at radius 1 is 1.12 bits per heavy atom. The van der Waals surface area contributed by atoms with Gasteiger partial charge in [-0.15, -0.1) is 0 Å². The van der Waals surface area contributed by atoms with Crippen molar-refractivity contribution in [2.24, 2.45) is 5.92 Å². The molecule has 1 aromatic rings. The van der Waals surface area contributed by atoms with E-state index in [-0.39, 0.29) is 0 Å². The number of benzene rings is 1. The molecule has 3 N–H and O–H groups in total. The van der Waals surface area contributed by atoms with Gasteiger partial charge in [0.1, 0.15) is 0 Å². The molecule has 3 unspecified atom stereocenters. The van der Waals surface area contributed by atoms with Crippen LogP contribution in [0.1, 0.15) is 50.7 Å². The first-order valence-electron chi connectivity index (χ1n) is 9.40. The topological polar surface area (TPSA) is 47.5 Å². The van der Waals surface area contributed by atoms with E-state index in [2.05, 4.69) is 47.1 Å². The summed E-state index contributed by atoms with van der Waals surface area (Å²) in [4.78, 5) is 2.42. The summed E-state index contributed by atoms with van der Waals surface area (Å²) in [5.41, 5.74) is 9.05. The molecule has 4 heteroatoms. The minimum absolute atomic E-state index is 0.577. The molecule has 3 atom stereocenters. The van der Waals surface area contributed by atoms with Crippen LogP contribution >= 0.6 is 0 Å². The van der Waals surface area contributed by atoms with Crippen LogP contribution in [0.3, 0.4) is 0 Å². The van der Waals surface area contributed by atoms with E-state index in [9.17, 15) is 5.11 Å². The Morgan fingerprint density at radius 3 is 2.54 bits per heavy atom. The first-order valence-corrected chi connectivity index (χ1v) is 9.40. The van der Waals surface area contributed by atoms with E-state index >= 15 is 0 Å². The Hall–Kier alpha value is -0.940. The molecule has 1 aliphatic carbocycles. The first kappa shape index (κ1) is 17.9. The van der Waals surface area contributed by atoms with Crippen molar-refractivity contribution in [1.82, 2.24) is 15.8 Å². The summed E-state index contributed by atoms with van der Waals surface area (Å²) >= 11 is 0. The molecular weight excluding hydrogens is 298 g/mol. The maximum Gasteiger partial charge on any atom is 0.0594 e. The van der Waals surface area contributed by atoms with Gasteiger partial charge in [0, 0.05) is 25.2 Å². The molecule has 3 rings (SSSR count). The molecule has 1 aromatic carbocycles. The van der Waals surface area contributed by atoms with E-state index < -0.39 is 5.60 Å². The fraction of sp³-hybridized carbons (Fsp3) is 0.700. The maximum absolute atomic E-state index is 9.84. The molecule has 0 aromatic heterocycles. The van der Waals surface area contributed by atoms with Crippen LogP contribution in [-0.2, 0) is 13.0 Å². The second kappa shape index (κ2) is 7.52. The Labute approximate surface area is 146 Å². The third-order valence-corrected chi connectivity index (χ3v) is 5.55. The van der Waals surface area contributed by atoms with E-state index in [4.69, 9.17) is 0 Å². The van der Waals surface area contributed by atoms with Crippen molar-refractivity contribution in [3.63, 3.8) is 0 Å². The van der Waals surface area contributed by atoms with E-state index in [1.165, 1.54) is 30.4 Å². The van der Waals surface area contributed by atoms with Crippen molar-refractivity contribution in [2.75, 3.05) is 13.6 Å². The smallest absolute Gasteiger partial charge is 0.0594 e. The minimum atomic E-state index is -0.584. The number of nitrogens with one attached hydrogen (secondary N) is 2. The summed E-state index contributed by atoms with van der Waals surface area (Å²) in [7, 11) is 2.21. The van der Waals surface area contributed by atoms with Gasteiger partial charge in [-0.1, -0.05) is 30.7 Å². The predicted octanol–water partition coefficient (Wildman–Crippen LogP) is 2.47. The standard InChI is InChI=1S/C20H33N3O/c1-20(2,24)12-11-15-7-9-16(10-8-15)13-23(3)14-19-17-5-4-6-18(17)21-22-19/h7-10,17-19,21-22,24H,4-6,11-14H2,1-3H3. The summed E-state index contributed by atoms with van der Waals surface area (Å²) in [5.74, 6) is 0.802. The van der Waals surface area contributed by atoms with Gasteiger partial charge in [-0.05, 0) is 63.6 Å². The molecule has 0 bridgehead atoms. The summed E-state index contributed by atoms with van der Waals surface area (Å²) in [5, 5.41) is 9.84. The van der Waals surface area contributed by atoms with Gasteiger partial charge in [-0.2, -0.15) is 0 Å². The largest absolute Gasteiger partial charge is 0.390 e. The number of likely N-dealkylation sites (N-methyl/N-ethyl adjacent to an activating group) is 1. The van der Waals surface area contributed by atoms with Crippen molar-refractivity contribution in [3.8, 4) is 0 Å². The third-order valence-electron chi connectivity index (χ3n) is 5.55. The molecule has 134 valence electrons. The van der Waals surface area contributed by atoms with Crippen molar-refractivity contribution in [2.45, 2.75) is 70.2 Å². The van der Waals surface area contributed by atoms with Crippen molar-refractivity contribution in [3.05, 3.63) is 35.4 Å². The molecule has 1 saturated heterocycles. The van der Waals surface area contributed by atoms with E-state index in [0.29, 0.717) is 12.1 Å². The molecule has 1 heterocycles. The maximum atomic E-state index is 9.84. The number of aryl methyl sites for hydroxylation is 1. The highest BCUT2D eigenvalue weighted by Crippen LogP contribution is 2.31. The van der Waals surface area contributed by atoms with Crippen molar-refractivity contribution in [1.29, 1.82) is 0 Å². The number of rotatable bonds is 7. The summed E-state index contributed by atoms with van der Waals surface area (Å²) < 4.78 is 0. The fourth-order valence-electron chi connectivity index (χ4n) is 4.13. The zero-order chi connectivity index (χ0) is 17.2. The van der Waals surface area contributed by atoms with Gasteiger partial charge in [0.25, 0.3) is 0 Å². The molecule has 0 amide bonds. The van der Waals surface area contributed by atoms with E-state index in [0.717, 1.165) is 31.8 Å². The summed E-state index contributed by atoms with van der Waals surface area (Å²) in [6.45, 7) is 5.82. The third kappa shape index (κ3) is 4.79. The van der Waals surface area contributed by atoms with Gasteiger partial charge in [0.2, 0.25) is 0 Å². The molecular formula is C20H33N3O. The lowest BCUT2D eigenvalue weighted by atomic mass is 9.96. The highest BCUT2D eigenvalue weighted by Gasteiger charge is 2.39. The zero-order valence-corrected chi connectivity index (χ0v) is 15.4. The predicted molar refractivity (Wildman–Crippen MR) is 98.6 cm³/mol. The number of hydrogen-bond acceptors (Lipinski definition) is 4. The molecule has 0 spiro atoms. The summed E-state index contributed by atoms with van der Waals surface area (Å²) in [6, 6.07) is 10.1. The van der Waals surface area contributed by atoms with Crippen LogP contribution in [0.2, 0.25) is 0 Å². The number of nitrogens with zero attached hydrogens (tertiary/aromatic N) is 1. The van der Waals surface area contributed by atoms with Crippen LogP contribution in [0.15, 0.2) is 24.3 Å². The van der Waals surface area contributed by atoms with Crippen LogP contribution in [0, 0.1) is 5.92 Å². The molecule has 1 saturated carbocycles. The van der Waals surface area contributed by atoms with Gasteiger partial charge in [0.05, 0.1) is 5.60 Å². The first-order chi connectivity index (χ1) is 11.4.